The zero-order valence-electron chi connectivity index (χ0n) is 11.4. The molecule has 0 bridgehead atoms. The predicted octanol–water partition coefficient (Wildman–Crippen LogP) is 2.96. The third kappa shape index (κ3) is 8.78. The first-order chi connectivity index (χ1) is 7.82. The maximum Gasteiger partial charge on any atom is 0.135 e. The first-order valence-electron chi connectivity index (χ1n) is 6.39. The Hall–Kier alpha value is -0.990. The molecule has 0 N–H and O–H groups in total. The Morgan fingerprint density at radius 3 is 1.71 bits per heavy atom. The highest BCUT2D eigenvalue weighted by Gasteiger charge is 2.12. The summed E-state index contributed by atoms with van der Waals surface area (Å²) in [6, 6.07) is 0. The second kappa shape index (κ2) is 8.15. The highest BCUT2D eigenvalue weighted by Crippen LogP contribution is 2.08. The van der Waals surface area contributed by atoms with Crippen LogP contribution in [0.5, 0.6) is 0 Å². The van der Waals surface area contributed by atoms with Crippen LogP contribution in [-0.4, -0.2) is 17.3 Å². The molecule has 3 heteroatoms. The molecule has 0 atom stereocenters. The van der Waals surface area contributed by atoms with Gasteiger partial charge in [-0.05, 0) is 5.92 Å². The van der Waals surface area contributed by atoms with Crippen molar-refractivity contribution in [3.05, 3.63) is 0 Å². The Kier molecular flexibility index (Phi) is 7.68. The van der Waals surface area contributed by atoms with E-state index in [-0.39, 0.29) is 36.1 Å². The van der Waals surface area contributed by atoms with Crippen LogP contribution in [0.1, 0.15) is 59.8 Å². The van der Waals surface area contributed by atoms with Crippen LogP contribution >= 0.6 is 0 Å². The van der Waals surface area contributed by atoms with E-state index in [9.17, 15) is 14.4 Å². The van der Waals surface area contributed by atoms with E-state index in [1.165, 1.54) is 0 Å². The van der Waals surface area contributed by atoms with Crippen molar-refractivity contribution < 1.29 is 14.4 Å². The Labute approximate surface area is 104 Å². The van der Waals surface area contributed by atoms with Crippen molar-refractivity contribution in [1.82, 2.24) is 0 Å². The van der Waals surface area contributed by atoms with E-state index in [0.717, 1.165) is 0 Å². The molecule has 17 heavy (non-hydrogen) atoms. The summed E-state index contributed by atoms with van der Waals surface area (Å²) in [7, 11) is 0. The van der Waals surface area contributed by atoms with E-state index in [0.29, 0.717) is 25.2 Å². The third-order valence-electron chi connectivity index (χ3n) is 2.61. The number of hydrogen-bond acceptors (Lipinski definition) is 3. The van der Waals surface area contributed by atoms with E-state index in [2.05, 4.69) is 0 Å². The van der Waals surface area contributed by atoms with Gasteiger partial charge in [0.1, 0.15) is 17.3 Å². The highest BCUT2D eigenvalue weighted by molar-refractivity contribution is 5.89. The molecule has 0 fully saturated rings. The van der Waals surface area contributed by atoms with Crippen molar-refractivity contribution >= 4 is 17.3 Å². The summed E-state index contributed by atoms with van der Waals surface area (Å²) in [6.07, 6.45) is 1.75. The maximum atomic E-state index is 11.5. The quantitative estimate of drug-likeness (QED) is 0.622. The second-order valence-electron chi connectivity index (χ2n) is 5.30. The van der Waals surface area contributed by atoms with Gasteiger partial charge in [-0.25, -0.2) is 0 Å². The molecule has 0 saturated heterocycles. The van der Waals surface area contributed by atoms with Gasteiger partial charge in [-0.15, -0.1) is 0 Å². The number of rotatable bonds is 9. The predicted molar refractivity (Wildman–Crippen MR) is 67.8 cm³/mol. The van der Waals surface area contributed by atoms with Gasteiger partial charge in [0.05, 0.1) is 0 Å². The van der Waals surface area contributed by atoms with Gasteiger partial charge in [0, 0.05) is 38.0 Å². The minimum Gasteiger partial charge on any atom is -0.300 e. The number of ketones is 3. The normalized spacial score (nSPS) is 10.9. The van der Waals surface area contributed by atoms with E-state index < -0.39 is 0 Å². The molecule has 0 rings (SSSR count). The molecule has 0 heterocycles. The molecule has 0 aliphatic rings. The van der Waals surface area contributed by atoms with Crippen molar-refractivity contribution in [2.45, 2.75) is 59.8 Å². The molecule has 0 aliphatic heterocycles. The van der Waals surface area contributed by atoms with E-state index in [4.69, 9.17) is 0 Å². The SMILES string of the molecule is CC(C)CC(=O)CCC(=O)CCC(=O)C(C)C. The third-order valence-corrected chi connectivity index (χ3v) is 2.61. The molecule has 0 aromatic rings. The molecule has 0 aromatic heterocycles. The lowest BCUT2D eigenvalue weighted by atomic mass is 9.99. The van der Waals surface area contributed by atoms with Gasteiger partial charge in [-0.1, -0.05) is 27.7 Å². The fourth-order valence-electron chi connectivity index (χ4n) is 1.51. The van der Waals surface area contributed by atoms with Gasteiger partial charge in [-0.2, -0.15) is 0 Å². The molecular weight excluding hydrogens is 216 g/mol. The topological polar surface area (TPSA) is 51.2 Å². The molecule has 0 aliphatic carbocycles. The van der Waals surface area contributed by atoms with Crippen LogP contribution in [0.15, 0.2) is 0 Å². The van der Waals surface area contributed by atoms with E-state index in [1.807, 2.05) is 27.7 Å². The Balaban J connectivity index is 3.74. The van der Waals surface area contributed by atoms with Crippen LogP contribution in [0.4, 0.5) is 0 Å². The zero-order valence-corrected chi connectivity index (χ0v) is 11.4. The van der Waals surface area contributed by atoms with E-state index >= 15 is 0 Å². The largest absolute Gasteiger partial charge is 0.300 e. The van der Waals surface area contributed by atoms with Crippen LogP contribution in [0.25, 0.3) is 0 Å². The monoisotopic (exact) mass is 240 g/mol. The summed E-state index contributed by atoms with van der Waals surface area (Å²) in [4.78, 5) is 34.2. The lowest BCUT2D eigenvalue weighted by Crippen LogP contribution is -2.11. The van der Waals surface area contributed by atoms with Crippen molar-refractivity contribution in [2.24, 2.45) is 11.8 Å². The second-order valence-corrected chi connectivity index (χ2v) is 5.30. The van der Waals surface area contributed by atoms with Gasteiger partial charge in [-0.3, -0.25) is 14.4 Å². The summed E-state index contributed by atoms with van der Waals surface area (Å²) in [6.45, 7) is 7.64. The van der Waals surface area contributed by atoms with E-state index in [1.54, 1.807) is 0 Å². The molecule has 0 aromatic carbocycles. The first kappa shape index (κ1) is 16.0. The van der Waals surface area contributed by atoms with Gasteiger partial charge in [0.25, 0.3) is 0 Å². The molecule has 0 amide bonds. The average Bonchev–Trinajstić information content (AvgIpc) is 2.21. The Bertz CT molecular complexity index is 277. The number of Topliss-reactive ketones (excluding diaryl/α,β-unsaturated/α-hetero) is 3. The number of hydrogen-bond donors (Lipinski definition) is 0. The Morgan fingerprint density at radius 2 is 1.24 bits per heavy atom. The number of carbonyl (C=O) groups excluding carboxylic acids is 3. The lowest BCUT2D eigenvalue weighted by Gasteiger charge is -2.04. The molecule has 0 unspecified atom stereocenters. The summed E-state index contributed by atoms with van der Waals surface area (Å²) in [5.41, 5.74) is 0. The molecule has 98 valence electrons. The molecule has 0 spiro atoms. The fraction of sp³-hybridized carbons (Fsp3) is 0.786. The van der Waals surface area contributed by atoms with Crippen molar-refractivity contribution in [3.63, 3.8) is 0 Å². The molecule has 3 nitrogen and oxygen atoms in total. The lowest BCUT2D eigenvalue weighted by molar-refractivity contribution is -0.127. The van der Waals surface area contributed by atoms with Crippen molar-refractivity contribution in [3.8, 4) is 0 Å². The number of carbonyl (C=O) groups is 3. The summed E-state index contributed by atoms with van der Waals surface area (Å²) in [5, 5.41) is 0. The van der Waals surface area contributed by atoms with Crippen molar-refractivity contribution in [2.75, 3.05) is 0 Å². The fourth-order valence-corrected chi connectivity index (χ4v) is 1.51. The summed E-state index contributed by atoms with van der Waals surface area (Å²) in [5.74, 6) is 0.622. The van der Waals surface area contributed by atoms with Crippen LogP contribution < -0.4 is 0 Å². The van der Waals surface area contributed by atoms with Gasteiger partial charge >= 0.3 is 0 Å². The molecule has 0 saturated carbocycles. The molecule has 0 radical (unpaired) electrons. The van der Waals surface area contributed by atoms with Crippen LogP contribution in [0.3, 0.4) is 0 Å². The standard InChI is InChI=1S/C14H24O3/c1-10(2)9-13(16)6-5-12(15)7-8-14(17)11(3)4/h10-11H,5-9H2,1-4H3. The molecular formula is C14H24O3. The maximum absolute atomic E-state index is 11.5. The van der Waals surface area contributed by atoms with Gasteiger partial charge in [0.2, 0.25) is 0 Å². The van der Waals surface area contributed by atoms with Gasteiger partial charge < -0.3 is 0 Å². The average molecular weight is 240 g/mol. The summed E-state index contributed by atoms with van der Waals surface area (Å²) < 4.78 is 0. The minimum absolute atomic E-state index is 0.00891. The zero-order chi connectivity index (χ0) is 13.4. The summed E-state index contributed by atoms with van der Waals surface area (Å²) >= 11 is 0. The Morgan fingerprint density at radius 1 is 0.765 bits per heavy atom. The highest BCUT2D eigenvalue weighted by atomic mass is 16.1. The smallest absolute Gasteiger partial charge is 0.135 e. The van der Waals surface area contributed by atoms with Crippen molar-refractivity contribution in [1.29, 1.82) is 0 Å². The van der Waals surface area contributed by atoms with Crippen LogP contribution in [0.2, 0.25) is 0 Å². The minimum atomic E-state index is -0.00891. The van der Waals surface area contributed by atoms with Crippen LogP contribution in [0, 0.1) is 11.8 Å². The van der Waals surface area contributed by atoms with Crippen LogP contribution in [-0.2, 0) is 14.4 Å². The first-order valence-corrected chi connectivity index (χ1v) is 6.39. The van der Waals surface area contributed by atoms with Gasteiger partial charge in [0.15, 0.2) is 0 Å².